The van der Waals surface area contributed by atoms with Crippen molar-refractivity contribution in [1.82, 2.24) is 0 Å². The molecule has 18 heavy (non-hydrogen) atoms. The lowest BCUT2D eigenvalue weighted by atomic mass is 9.89. The van der Waals surface area contributed by atoms with E-state index in [-0.39, 0.29) is 5.92 Å². The Morgan fingerprint density at radius 3 is 2.33 bits per heavy atom. The second-order valence-corrected chi connectivity index (χ2v) is 4.86. The van der Waals surface area contributed by atoms with Gasteiger partial charge < -0.3 is 0 Å². The zero-order valence-corrected chi connectivity index (χ0v) is 10.3. The molecule has 0 heterocycles. The van der Waals surface area contributed by atoms with E-state index in [2.05, 4.69) is 24.3 Å². The van der Waals surface area contributed by atoms with Crippen LogP contribution < -0.4 is 0 Å². The van der Waals surface area contributed by atoms with Crippen LogP contribution in [0.25, 0.3) is 11.1 Å². The van der Waals surface area contributed by atoms with Crippen LogP contribution in [0.2, 0.25) is 0 Å². The molecule has 1 aliphatic carbocycles. The number of benzene rings is 2. The number of ketones is 1. The van der Waals surface area contributed by atoms with Crippen molar-refractivity contribution in [3.05, 3.63) is 60.2 Å². The highest BCUT2D eigenvalue weighted by atomic mass is 16.1. The normalized spacial score (nSPS) is 19.1. The third kappa shape index (κ3) is 1.97. The Bertz CT molecular complexity index is 557. The number of hydrogen-bond acceptors (Lipinski definition) is 1. The standard InChI is InChI=1S/C17H16O/c18-17-12-6-11-16(17)15-10-5-4-9-14(15)13-7-2-1-3-8-13/h1-5,7-10,16H,6,11-12H2. The topological polar surface area (TPSA) is 17.1 Å². The van der Waals surface area contributed by atoms with Gasteiger partial charge in [0.15, 0.2) is 0 Å². The smallest absolute Gasteiger partial charge is 0.140 e. The van der Waals surface area contributed by atoms with Gasteiger partial charge in [-0.1, -0.05) is 54.6 Å². The molecule has 0 aromatic heterocycles. The van der Waals surface area contributed by atoms with Gasteiger partial charge in [0.05, 0.1) is 0 Å². The lowest BCUT2D eigenvalue weighted by molar-refractivity contribution is -0.118. The molecule has 3 rings (SSSR count). The molecule has 0 radical (unpaired) electrons. The van der Waals surface area contributed by atoms with Gasteiger partial charge >= 0.3 is 0 Å². The van der Waals surface area contributed by atoms with Gasteiger partial charge in [0, 0.05) is 12.3 Å². The van der Waals surface area contributed by atoms with Gasteiger partial charge in [-0.2, -0.15) is 0 Å². The van der Waals surface area contributed by atoms with Crippen LogP contribution in [0.4, 0.5) is 0 Å². The summed E-state index contributed by atoms with van der Waals surface area (Å²) in [4.78, 5) is 12.0. The number of Topliss-reactive ketones (excluding diaryl/α,β-unsaturated/α-hetero) is 1. The van der Waals surface area contributed by atoms with E-state index in [1.54, 1.807) is 0 Å². The summed E-state index contributed by atoms with van der Waals surface area (Å²) in [6.45, 7) is 0. The molecule has 1 atom stereocenters. The second kappa shape index (κ2) is 4.77. The SMILES string of the molecule is O=C1CCCC1c1ccccc1-c1ccccc1. The molecule has 1 nitrogen and oxygen atoms in total. The average molecular weight is 236 g/mol. The first kappa shape index (κ1) is 11.2. The summed E-state index contributed by atoms with van der Waals surface area (Å²) >= 11 is 0. The summed E-state index contributed by atoms with van der Waals surface area (Å²) in [6, 6.07) is 18.6. The fourth-order valence-corrected chi connectivity index (χ4v) is 2.83. The molecule has 1 heteroatoms. The van der Waals surface area contributed by atoms with Crippen molar-refractivity contribution < 1.29 is 4.79 Å². The molecule has 90 valence electrons. The van der Waals surface area contributed by atoms with E-state index in [4.69, 9.17) is 0 Å². The summed E-state index contributed by atoms with van der Waals surface area (Å²) in [6.07, 6.45) is 2.78. The molecule has 0 saturated heterocycles. The van der Waals surface area contributed by atoms with Gasteiger partial charge in [-0.3, -0.25) is 4.79 Å². The fourth-order valence-electron chi connectivity index (χ4n) is 2.83. The maximum atomic E-state index is 12.0. The van der Waals surface area contributed by atoms with E-state index in [1.165, 1.54) is 16.7 Å². The van der Waals surface area contributed by atoms with Crippen LogP contribution in [0, 0.1) is 0 Å². The predicted octanol–water partition coefficient (Wildman–Crippen LogP) is 4.19. The monoisotopic (exact) mass is 236 g/mol. The molecule has 0 bridgehead atoms. The van der Waals surface area contributed by atoms with Crippen LogP contribution in [-0.2, 0) is 4.79 Å². The maximum absolute atomic E-state index is 12.0. The summed E-state index contributed by atoms with van der Waals surface area (Å²) in [5.41, 5.74) is 3.61. The van der Waals surface area contributed by atoms with Crippen LogP contribution in [0.3, 0.4) is 0 Å². The molecular weight excluding hydrogens is 220 g/mol. The van der Waals surface area contributed by atoms with E-state index in [0.717, 1.165) is 19.3 Å². The zero-order valence-electron chi connectivity index (χ0n) is 10.3. The van der Waals surface area contributed by atoms with Crippen LogP contribution in [0.1, 0.15) is 30.7 Å². The van der Waals surface area contributed by atoms with Crippen molar-refractivity contribution in [2.45, 2.75) is 25.2 Å². The van der Waals surface area contributed by atoms with Crippen molar-refractivity contribution in [2.24, 2.45) is 0 Å². The minimum Gasteiger partial charge on any atom is -0.299 e. The highest BCUT2D eigenvalue weighted by Crippen LogP contribution is 2.36. The summed E-state index contributed by atoms with van der Waals surface area (Å²) in [5, 5.41) is 0. The van der Waals surface area contributed by atoms with Gasteiger partial charge in [0.1, 0.15) is 5.78 Å². The van der Waals surface area contributed by atoms with Gasteiger partial charge in [0.2, 0.25) is 0 Å². The fraction of sp³-hybridized carbons (Fsp3) is 0.235. The molecule has 2 aromatic rings. The van der Waals surface area contributed by atoms with Crippen LogP contribution in [0.5, 0.6) is 0 Å². The summed E-state index contributed by atoms with van der Waals surface area (Å²) in [5.74, 6) is 0.514. The second-order valence-electron chi connectivity index (χ2n) is 4.86. The Morgan fingerprint density at radius 1 is 0.889 bits per heavy atom. The van der Waals surface area contributed by atoms with Crippen molar-refractivity contribution in [2.75, 3.05) is 0 Å². The lowest BCUT2D eigenvalue weighted by Gasteiger charge is -2.14. The van der Waals surface area contributed by atoms with E-state index in [0.29, 0.717) is 5.78 Å². The average Bonchev–Trinajstić information content (AvgIpc) is 2.86. The first-order valence-corrected chi connectivity index (χ1v) is 6.53. The number of carbonyl (C=O) groups is 1. The number of rotatable bonds is 2. The van der Waals surface area contributed by atoms with Crippen LogP contribution >= 0.6 is 0 Å². The third-order valence-corrected chi connectivity index (χ3v) is 3.73. The molecule has 0 amide bonds. The molecule has 1 fully saturated rings. The Labute approximate surface area is 107 Å². The van der Waals surface area contributed by atoms with Crippen molar-refractivity contribution in [3.63, 3.8) is 0 Å². The minimum absolute atomic E-state index is 0.112. The molecule has 0 aliphatic heterocycles. The molecule has 1 aliphatic rings. The quantitative estimate of drug-likeness (QED) is 0.764. The Morgan fingerprint density at radius 2 is 1.61 bits per heavy atom. The highest BCUT2D eigenvalue weighted by Gasteiger charge is 2.27. The minimum atomic E-state index is 0.112. The van der Waals surface area contributed by atoms with Crippen molar-refractivity contribution in [1.29, 1.82) is 0 Å². The van der Waals surface area contributed by atoms with E-state index >= 15 is 0 Å². The first-order valence-electron chi connectivity index (χ1n) is 6.53. The van der Waals surface area contributed by atoms with E-state index in [9.17, 15) is 4.79 Å². The predicted molar refractivity (Wildman–Crippen MR) is 73.5 cm³/mol. The third-order valence-electron chi connectivity index (χ3n) is 3.73. The molecule has 1 unspecified atom stereocenters. The molecular formula is C17H16O. The van der Waals surface area contributed by atoms with Gasteiger partial charge in [-0.05, 0) is 29.5 Å². The molecule has 0 N–H and O–H groups in total. The molecule has 0 spiro atoms. The van der Waals surface area contributed by atoms with Gasteiger partial charge in [-0.15, -0.1) is 0 Å². The highest BCUT2D eigenvalue weighted by molar-refractivity contribution is 5.90. The van der Waals surface area contributed by atoms with Gasteiger partial charge in [0.25, 0.3) is 0 Å². The van der Waals surface area contributed by atoms with Crippen molar-refractivity contribution in [3.8, 4) is 11.1 Å². The lowest BCUT2D eigenvalue weighted by Crippen LogP contribution is -2.05. The summed E-state index contributed by atoms with van der Waals surface area (Å²) in [7, 11) is 0. The largest absolute Gasteiger partial charge is 0.299 e. The van der Waals surface area contributed by atoms with Gasteiger partial charge in [-0.25, -0.2) is 0 Å². The van der Waals surface area contributed by atoms with Crippen LogP contribution in [-0.4, -0.2) is 5.78 Å². The Balaban J connectivity index is 2.08. The number of hydrogen-bond donors (Lipinski definition) is 0. The van der Waals surface area contributed by atoms with Crippen LogP contribution in [0.15, 0.2) is 54.6 Å². The van der Waals surface area contributed by atoms with E-state index in [1.807, 2.05) is 30.3 Å². The number of carbonyl (C=O) groups excluding carboxylic acids is 1. The van der Waals surface area contributed by atoms with Crippen molar-refractivity contribution >= 4 is 5.78 Å². The Hall–Kier alpha value is -1.89. The molecule has 2 aromatic carbocycles. The Kier molecular flexibility index (Phi) is 2.97. The molecule has 1 saturated carbocycles. The zero-order chi connectivity index (χ0) is 12.4. The van der Waals surface area contributed by atoms with E-state index < -0.39 is 0 Å². The maximum Gasteiger partial charge on any atom is 0.140 e. The summed E-state index contributed by atoms with van der Waals surface area (Å²) < 4.78 is 0. The first-order chi connectivity index (χ1) is 8.86.